The van der Waals surface area contributed by atoms with E-state index in [1.54, 1.807) is 0 Å². The summed E-state index contributed by atoms with van der Waals surface area (Å²) in [6, 6.07) is 8.14. The van der Waals surface area contributed by atoms with Crippen LogP contribution in [0.15, 0.2) is 24.3 Å². The van der Waals surface area contributed by atoms with Crippen LogP contribution in [0, 0.1) is 5.41 Å². The predicted molar refractivity (Wildman–Crippen MR) is 65.5 cm³/mol. The highest BCUT2D eigenvalue weighted by atomic mass is 14.9. The Kier molecular flexibility index (Phi) is 3.64. The summed E-state index contributed by atoms with van der Waals surface area (Å²) < 4.78 is 0. The van der Waals surface area contributed by atoms with E-state index in [0.29, 0.717) is 5.71 Å². The lowest BCUT2D eigenvalue weighted by Crippen LogP contribution is -2.35. The second-order valence-corrected chi connectivity index (χ2v) is 4.93. The highest BCUT2D eigenvalue weighted by Crippen LogP contribution is 2.08. The van der Waals surface area contributed by atoms with Crippen LogP contribution < -0.4 is 5.32 Å². The zero-order valence-electron chi connectivity index (χ0n) is 10.0. The minimum Gasteiger partial charge on any atom is -0.308 e. The zero-order chi connectivity index (χ0) is 11.5. The van der Waals surface area contributed by atoms with Gasteiger partial charge in [0.25, 0.3) is 0 Å². The Balaban J connectivity index is 2.70. The first kappa shape index (κ1) is 11.9. The molecule has 0 bridgehead atoms. The number of hydrogen-bond acceptors (Lipinski definition) is 2. The minimum atomic E-state index is 0.135. The average molecular weight is 204 g/mol. The van der Waals surface area contributed by atoms with Crippen molar-refractivity contribution in [2.75, 3.05) is 0 Å². The maximum Gasteiger partial charge on any atom is 0.0355 e. The summed E-state index contributed by atoms with van der Waals surface area (Å²) in [7, 11) is 0. The van der Waals surface area contributed by atoms with Gasteiger partial charge in [-0.25, -0.2) is 0 Å². The molecule has 2 nitrogen and oxygen atoms in total. The Morgan fingerprint density at radius 3 is 2.53 bits per heavy atom. The molecule has 0 heterocycles. The van der Waals surface area contributed by atoms with Gasteiger partial charge in [-0.05, 0) is 44.9 Å². The maximum absolute atomic E-state index is 7.57. The van der Waals surface area contributed by atoms with Crippen molar-refractivity contribution in [3.8, 4) is 0 Å². The van der Waals surface area contributed by atoms with Crippen molar-refractivity contribution in [1.82, 2.24) is 5.32 Å². The molecule has 2 N–H and O–H groups in total. The fourth-order valence-electron chi connectivity index (χ4n) is 1.28. The van der Waals surface area contributed by atoms with Gasteiger partial charge in [-0.3, -0.25) is 0 Å². The van der Waals surface area contributed by atoms with Crippen LogP contribution in [-0.4, -0.2) is 11.3 Å². The number of hydrogen-bond donors (Lipinski definition) is 2. The fourth-order valence-corrected chi connectivity index (χ4v) is 1.28. The summed E-state index contributed by atoms with van der Waals surface area (Å²) in [6.07, 6.45) is 0. The first-order chi connectivity index (χ1) is 6.88. The van der Waals surface area contributed by atoms with Crippen molar-refractivity contribution < 1.29 is 0 Å². The third kappa shape index (κ3) is 4.26. The molecule has 82 valence electrons. The van der Waals surface area contributed by atoms with Crippen molar-refractivity contribution in [1.29, 1.82) is 5.41 Å². The SMILES string of the molecule is CC(=N)c1cccc(CNC(C)(C)C)c1. The van der Waals surface area contributed by atoms with Gasteiger partial charge in [-0.2, -0.15) is 0 Å². The summed E-state index contributed by atoms with van der Waals surface area (Å²) in [5, 5.41) is 11.0. The summed E-state index contributed by atoms with van der Waals surface area (Å²) in [5.41, 5.74) is 2.99. The molecule has 0 aliphatic heterocycles. The number of rotatable bonds is 3. The van der Waals surface area contributed by atoms with Gasteiger partial charge in [-0.1, -0.05) is 18.2 Å². The Hall–Kier alpha value is -1.15. The van der Waals surface area contributed by atoms with Crippen LogP contribution >= 0.6 is 0 Å². The molecule has 0 aliphatic rings. The highest BCUT2D eigenvalue weighted by molar-refractivity contribution is 5.96. The van der Waals surface area contributed by atoms with E-state index in [0.717, 1.165) is 12.1 Å². The van der Waals surface area contributed by atoms with Crippen molar-refractivity contribution in [2.24, 2.45) is 0 Å². The van der Waals surface area contributed by atoms with Gasteiger partial charge in [-0.15, -0.1) is 0 Å². The molecule has 1 aromatic carbocycles. The van der Waals surface area contributed by atoms with Gasteiger partial charge in [0.05, 0.1) is 0 Å². The molecule has 2 heteroatoms. The second kappa shape index (κ2) is 4.58. The molecule has 0 fully saturated rings. The van der Waals surface area contributed by atoms with Crippen molar-refractivity contribution >= 4 is 5.71 Å². The lowest BCUT2D eigenvalue weighted by Gasteiger charge is -2.20. The van der Waals surface area contributed by atoms with E-state index in [4.69, 9.17) is 5.41 Å². The lowest BCUT2D eigenvalue weighted by atomic mass is 10.1. The third-order valence-corrected chi connectivity index (χ3v) is 2.18. The molecule has 0 atom stereocenters. The summed E-state index contributed by atoms with van der Waals surface area (Å²) in [6.45, 7) is 9.12. The van der Waals surface area contributed by atoms with Crippen LogP contribution in [0.4, 0.5) is 0 Å². The smallest absolute Gasteiger partial charge is 0.0355 e. The maximum atomic E-state index is 7.57. The molecule has 0 saturated carbocycles. The lowest BCUT2D eigenvalue weighted by molar-refractivity contribution is 0.424. The Bertz CT molecular complexity index is 348. The molecule has 0 spiro atoms. The molecular formula is C13H20N2. The van der Waals surface area contributed by atoms with Gasteiger partial charge in [0.15, 0.2) is 0 Å². The summed E-state index contributed by atoms with van der Waals surface area (Å²) in [4.78, 5) is 0. The first-order valence-corrected chi connectivity index (χ1v) is 5.28. The summed E-state index contributed by atoms with van der Waals surface area (Å²) >= 11 is 0. The van der Waals surface area contributed by atoms with Crippen LogP contribution in [0.25, 0.3) is 0 Å². The van der Waals surface area contributed by atoms with E-state index in [1.807, 2.05) is 19.1 Å². The normalized spacial score (nSPS) is 11.5. The van der Waals surface area contributed by atoms with Crippen LogP contribution in [0.2, 0.25) is 0 Å². The van der Waals surface area contributed by atoms with E-state index >= 15 is 0 Å². The average Bonchev–Trinajstić information content (AvgIpc) is 2.14. The van der Waals surface area contributed by atoms with E-state index in [-0.39, 0.29) is 5.54 Å². The van der Waals surface area contributed by atoms with Crippen molar-refractivity contribution in [3.63, 3.8) is 0 Å². The standard InChI is InChI=1S/C13H20N2/c1-10(14)12-7-5-6-11(8-12)9-15-13(2,3)4/h5-8,14-15H,9H2,1-4H3. The van der Waals surface area contributed by atoms with Gasteiger partial charge < -0.3 is 10.7 Å². The van der Waals surface area contributed by atoms with Gasteiger partial charge in [0.1, 0.15) is 0 Å². The Morgan fingerprint density at radius 1 is 1.33 bits per heavy atom. The molecule has 0 aromatic heterocycles. The molecule has 0 unspecified atom stereocenters. The Labute approximate surface area is 92.2 Å². The number of benzene rings is 1. The van der Waals surface area contributed by atoms with Crippen LogP contribution in [-0.2, 0) is 6.54 Å². The predicted octanol–water partition coefficient (Wildman–Crippen LogP) is 2.96. The van der Waals surface area contributed by atoms with Crippen LogP contribution in [0.5, 0.6) is 0 Å². The third-order valence-electron chi connectivity index (χ3n) is 2.18. The topological polar surface area (TPSA) is 35.9 Å². The molecule has 0 radical (unpaired) electrons. The molecule has 1 rings (SSSR count). The van der Waals surface area contributed by atoms with Gasteiger partial charge >= 0.3 is 0 Å². The molecular weight excluding hydrogens is 184 g/mol. The molecule has 0 aliphatic carbocycles. The van der Waals surface area contributed by atoms with E-state index < -0.39 is 0 Å². The quantitative estimate of drug-likeness (QED) is 0.730. The second-order valence-electron chi connectivity index (χ2n) is 4.93. The van der Waals surface area contributed by atoms with E-state index in [9.17, 15) is 0 Å². The van der Waals surface area contributed by atoms with Crippen LogP contribution in [0.1, 0.15) is 38.8 Å². The summed E-state index contributed by atoms with van der Waals surface area (Å²) in [5.74, 6) is 0. The van der Waals surface area contributed by atoms with Gasteiger partial charge in [0.2, 0.25) is 0 Å². The van der Waals surface area contributed by atoms with Crippen molar-refractivity contribution in [3.05, 3.63) is 35.4 Å². The Morgan fingerprint density at radius 2 is 2.00 bits per heavy atom. The molecule has 0 saturated heterocycles. The number of nitrogens with one attached hydrogen (secondary N) is 2. The van der Waals surface area contributed by atoms with Gasteiger partial charge in [0, 0.05) is 17.8 Å². The molecule has 1 aromatic rings. The first-order valence-electron chi connectivity index (χ1n) is 5.28. The fraction of sp³-hybridized carbons (Fsp3) is 0.462. The monoisotopic (exact) mass is 204 g/mol. The van der Waals surface area contributed by atoms with E-state index in [2.05, 4.69) is 38.2 Å². The van der Waals surface area contributed by atoms with Crippen LogP contribution in [0.3, 0.4) is 0 Å². The largest absolute Gasteiger partial charge is 0.308 e. The van der Waals surface area contributed by atoms with Crippen molar-refractivity contribution in [2.45, 2.75) is 39.8 Å². The molecule has 15 heavy (non-hydrogen) atoms. The minimum absolute atomic E-state index is 0.135. The van der Waals surface area contributed by atoms with E-state index in [1.165, 1.54) is 5.56 Å². The molecule has 0 amide bonds. The highest BCUT2D eigenvalue weighted by Gasteiger charge is 2.08. The zero-order valence-corrected chi connectivity index (χ0v) is 10.0.